The summed E-state index contributed by atoms with van der Waals surface area (Å²) in [5, 5.41) is 18.4. The molecule has 4 nitrogen and oxygen atoms in total. The van der Waals surface area contributed by atoms with Crippen molar-refractivity contribution in [2.45, 2.75) is 73.1 Å². The van der Waals surface area contributed by atoms with Crippen LogP contribution in [0.3, 0.4) is 0 Å². The summed E-state index contributed by atoms with van der Waals surface area (Å²) >= 11 is 0. The van der Waals surface area contributed by atoms with Gasteiger partial charge in [-0.2, -0.15) is 0 Å². The number of hydrogen-bond donors (Lipinski definition) is 2. The summed E-state index contributed by atoms with van der Waals surface area (Å²) in [5.74, 6) is -1.73. The average molecular weight is 286 g/mol. The third-order valence-corrected chi connectivity index (χ3v) is 4.70. The van der Waals surface area contributed by atoms with Crippen LogP contribution in [0, 0.1) is 16.7 Å². The number of carboxylic acid groups (broad SMARTS) is 2. The molecule has 0 rings (SSSR count). The standard InChI is InChI=1S/C16H30O4/c1-6-12(13(17)18)10-8-7-9-11-16(5,14(19)20)15(2,3)4/h12H,6-11H2,1-5H3,(H,17,18)(H,19,20). The summed E-state index contributed by atoms with van der Waals surface area (Å²) in [6.07, 6.45) is 4.55. The van der Waals surface area contributed by atoms with E-state index in [1.807, 2.05) is 27.7 Å². The van der Waals surface area contributed by atoms with E-state index in [2.05, 4.69) is 0 Å². The van der Waals surface area contributed by atoms with Crippen molar-refractivity contribution in [2.24, 2.45) is 16.7 Å². The van der Waals surface area contributed by atoms with Gasteiger partial charge in [-0.05, 0) is 31.6 Å². The quantitative estimate of drug-likeness (QED) is 0.623. The van der Waals surface area contributed by atoms with E-state index in [0.29, 0.717) is 19.3 Å². The fourth-order valence-corrected chi connectivity index (χ4v) is 2.35. The van der Waals surface area contributed by atoms with Crippen LogP contribution in [0.15, 0.2) is 0 Å². The molecule has 0 heterocycles. The number of rotatable bonds is 9. The third-order valence-electron chi connectivity index (χ3n) is 4.70. The Labute approximate surface area is 122 Å². The summed E-state index contributed by atoms with van der Waals surface area (Å²) in [7, 11) is 0. The first-order valence-corrected chi connectivity index (χ1v) is 7.52. The molecule has 0 aromatic rings. The highest BCUT2D eigenvalue weighted by Gasteiger charge is 2.43. The lowest BCUT2D eigenvalue weighted by Gasteiger charge is -2.38. The Morgan fingerprint density at radius 1 is 1.00 bits per heavy atom. The van der Waals surface area contributed by atoms with Crippen LogP contribution in [0.25, 0.3) is 0 Å². The highest BCUT2D eigenvalue weighted by atomic mass is 16.4. The Balaban J connectivity index is 4.22. The van der Waals surface area contributed by atoms with Gasteiger partial charge in [-0.1, -0.05) is 47.0 Å². The topological polar surface area (TPSA) is 74.6 Å². The second kappa shape index (κ2) is 7.65. The molecule has 0 aliphatic heterocycles. The molecular formula is C16H30O4. The van der Waals surface area contributed by atoms with Gasteiger partial charge >= 0.3 is 11.9 Å². The predicted molar refractivity (Wildman–Crippen MR) is 79.7 cm³/mol. The van der Waals surface area contributed by atoms with E-state index in [4.69, 9.17) is 5.11 Å². The number of unbranched alkanes of at least 4 members (excludes halogenated alkanes) is 2. The molecule has 0 aromatic carbocycles. The Kier molecular flexibility index (Phi) is 7.25. The second-order valence-corrected chi connectivity index (χ2v) is 6.93. The van der Waals surface area contributed by atoms with Crippen molar-refractivity contribution >= 4 is 11.9 Å². The molecular weight excluding hydrogens is 256 g/mol. The van der Waals surface area contributed by atoms with Gasteiger partial charge < -0.3 is 10.2 Å². The molecule has 0 saturated heterocycles. The van der Waals surface area contributed by atoms with E-state index < -0.39 is 17.4 Å². The highest BCUT2D eigenvalue weighted by molar-refractivity contribution is 5.75. The van der Waals surface area contributed by atoms with Crippen molar-refractivity contribution in [1.82, 2.24) is 0 Å². The molecule has 4 heteroatoms. The van der Waals surface area contributed by atoms with Crippen LogP contribution in [-0.2, 0) is 9.59 Å². The van der Waals surface area contributed by atoms with Gasteiger partial charge in [-0.3, -0.25) is 9.59 Å². The summed E-state index contributed by atoms with van der Waals surface area (Å²) in [6.45, 7) is 9.57. The van der Waals surface area contributed by atoms with Crippen molar-refractivity contribution in [3.8, 4) is 0 Å². The van der Waals surface area contributed by atoms with E-state index >= 15 is 0 Å². The minimum absolute atomic E-state index is 0.261. The minimum Gasteiger partial charge on any atom is -0.481 e. The number of carboxylic acids is 2. The molecule has 118 valence electrons. The minimum atomic E-state index is -0.748. The third kappa shape index (κ3) is 5.14. The Morgan fingerprint density at radius 3 is 1.90 bits per heavy atom. The van der Waals surface area contributed by atoms with Crippen LogP contribution in [-0.4, -0.2) is 22.2 Å². The van der Waals surface area contributed by atoms with E-state index in [-0.39, 0.29) is 11.3 Å². The number of carbonyl (C=O) groups is 2. The van der Waals surface area contributed by atoms with Gasteiger partial charge in [0.1, 0.15) is 0 Å². The van der Waals surface area contributed by atoms with Gasteiger partial charge in [0.2, 0.25) is 0 Å². The summed E-state index contributed by atoms with van der Waals surface area (Å²) < 4.78 is 0. The summed E-state index contributed by atoms with van der Waals surface area (Å²) in [5.41, 5.74) is -1.02. The molecule has 0 fully saturated rings. The van der Waals surface area contributed by atoms with Gasteiger partial charge in [0.25, 0.3) is 0 Å². The molecule has 2 unspecified atom stereocenters. The van der Waals surface area contributed by atoms with E-state index in [9.17, 15) is 14.7 Å². The molecule has 0 aromatic heterocycles. The van der Waals surface area contributed by atoms with E-state index in [1.54, 1.807) is 6.92 Å². The molecule has 20 heavy (non-hydrogen) atoms. The van der Waals surface area contributed by atoms with Crippen LogP contribution in [0.4, 0.5) is 0 Å². The fraction of sp³-hybridized carbons (Fsp3) is 0.875. The molecule has 0 aliphatic rings. The Morgan fingerprint density at radius 2 is 1.55 bits per heavy atom. The maximum Gasteiger partial charge on any atom is 0.309 e. The van der Waals surface area contributed by atoms with E-state index in [1.165, 1.54) is 0 Å². The zero-order valence-electron chi connectivity index (χ0n) is 13.5. The molecule has 0 bridgehead atoms. The predicted octanol–water partition coefficient (Wildman–Crippen LogP) is 4.18. The maximum absolute atomic E-state index is 11.5. The first-order chi connectivity index (χ1) is 9.06. The van der Waals surface area contributed by atoms with Crippen LogP contribution < -0.4 is 0 Å². The molecule has 0 aliphatic carbocycles. The SMILES string of the molecule is CCC(CCCCCC(C)(C(=O)O)C(C)(C)C)C(=O)O. The lowest BCUT2D eigenvalue weighted by Crippen LogP contribution is -2.40. The molecule has 2 N–H and O–H groups in total. The van der Waals surface area contributed by atoms with E-state index in [0.717, 1.165) is 19.3 Å². The zero-order valence-corrected chi connectivity index (χ0v) is 13.5. The number of aliphatic carboxylic acids is 2. The molecule has 0 spiro atoms. The van der Waals surface area contributed by atoms with Crippen molar-refractivity contribution in [2.75, 3.05) is 0 Å². The molecule has 0 saturated carbocycles. The van der Waals surface area contributed by atoms with Crippen LogP contribution in [0.1, 0.15) is 73.1 Å². The fourth-order valence-electron chi connectivity index (χ4n) is 2.35. The Hall–Kier alpha value is -1.06. The smallest absolute Gasteiger partial charge is 0.309 e. The van der Waals surface area contributed by atoms with Gasteiger partial charge in [-0.25, -0.2) is 0 Å². The lowest BCUT2D eigenvalue weighted by molar-refractivity contribution is -0.155. The lowest BCUT2D eigenvalue weighted by atomic mass is 9.65. The van der Waals surface area contributed by atoms with Crippen LogP contribution in [0.5, 0.6) is 0 Å². The molecule has 0 radical (unpaired) electrons. The largest absolute Gasteiger partial charge is 0.481 e. The van der Waals surface area contributed by atoms with Crippen molar-refractivity contribution in [1.29, 1.82) is 0 Å². The first kappa shape index (κ1) is 18.9. The van der Waals surface area contributed by atoms with Gasteiger partial charge in [0, 0.05) is 0 Å². The molecule has 0 amide bonds. The van der Waals surface area contributed by atoms with Gasteiger partial charge in [-0.15, -0.1) is 0 Å². The van der Waals surface area contributed by atoms with Gasteiger partial charge in [0.15, 0.2) is 0 Å². The normalized spacial score (nSPS) is 16.4. The van der Waals surface area contributed by atoms with Crippen LogP contribution in [0.2, 0.25) is 0 Å². The molecule has 2 atom stereocenters. The average Bonchev–Trinajstić information content (AvgIpc) is 2.31. The van der Waals surface area contributed by atoms with Crippen molar-refractivity contribution in [3.05, 3.63) is 0 Å². The summed E-state index contributed by atoms with van der Waals surface area (Å²) in [6, 6.07) is 0. The zero-order chi connectivity index (χ0) is 16.0. The maximum atomic E-state index is 11.5. The first-order valence-electron chi connectivity index (χ1n) is 7.52. The van der Waals surface area contributed by atoms with Crippen molar-refractivity contribution in [3.63, 3.8) is 0 Å². The summed E-state index contributed by atoms with van der Waals surface area (Å²) in [4.78, 5) is 22.4. The second-order valence-electron chi connectivity index (χ2n) is 6.93. The van der Waals surface area contributed by atoms with Crippen LogP contribution >= 0.6 is 0 Å². The number of hydrogen-bond acceptors (Lipinski definition) is 2. The van der Waals surface area contributed by atoms with Gasteiger partial charge in [0.05, 0.1) is 11.3 Å². The van der Waals surface area contributed by atoms with Crippen molar-refractivity contribution < 1.29 is 19.8 Å². The Bertz CT molecular complexity index is 330. The monoisotopic (exact) mass is 286 g/mol. The highest BCUT2D eigenvalue weighted by Crippen LogP contribution is 2.42.